The van der Waals surface area contributed by atoms with Gasteiger partial charge in [-0.25, -0.2) is 4.39 Å². The van der Waals surface area contributed by atoms with Crippen LogP contribution in [0.5, 0.6) is 5.75 Å². The number of hydrogen-bond acceptors (Lipinski definition) is 9. The maximum atomic E-state index is 13.1. The Morgan fingerprint density at radius 1 is 1.09 bits per heavy atom. The molecule has 1 aliphatic rings. The van der Waals surface area contributed by atoms with E-state index in [1.807, 2.05) is 13.8 Å². The first-order chi connectivity index (χ1) is 20.0. The molecule has 1 aliphatic heterocycles. The first kappa shape index (κ1) is 36.3. The molecule has 0 aliphatic carbocycles. The third kappa shape index (κ3) is 9.54. The summed E-state index contributed by atoms with van der Waals surface area (Å²) in [6, 6.07) is 6.29. The van der Waals surface area contributed by atoms with E-state index in [0.29, 0.717) is 41.5 Å². The van der Waals surface area contributed by atoms with Crippen LogP contribution in [0.2, 0.25) is 0 Å². The molecule has 3 heterocycles. The number of fused-ring (bicyclic) bond motifs is 1. The summed E-state index contributed by atoms with van der Waals surface area (Å²) in [4.78, 5) is 27.6. The van der Waals surface area contributed by atoms with Crippen molar-refractivity contribution in [2.45, 2.75) is 59.2 Å². The number of carbonyl (C=O) groups excluding carboxylic acids is 1. The minimum Gasteiger partial charge on any atom is -0.503 e. The number of nitrogens with one attached hydrogen (secondary N) is 1. The first-order valence-electron chi connectivity index (χ1n) is 14.0. The molecule has 0 radical (unpaired) electrons. The predicted molar refractivity (Wildman–Crippen MR) is 169 cm³/mol. The molecule has 238 valence electrons. The highest BCUT2D eigenvalue weighted by molar-refractivity contribution is 7.14. The van der Waals surface area contributed by atoms with Crippen LogP contribution in [0.3, 0.4) is 0 Å². The number of amides is 1. The Bertz CT molecular complexity index is 1380. The number of halogens is 2. The van der Waals surface area contributed by atoms with Crippen LogP contribution >= 0.6 is 23.7 Å². The quantitative estimate of drug-likeness (QED) is 0.314. The van der Waals surface area contributed by atoms with Gasteiger partial charge in [-0.1, -0.05) is 44.2 Å². The van der Waals surface area contributed by atoms with Gasteiger partial charge in [-0.2, -0.15) is 0 Å². The maximum Gasteiger partial charge on any atom is 0.274 e. The van der Waals surface area contributed by atoms with E-state index in [1.54, 1.807) is 42.0 Å². The molecule has 2 atom stereocenters. The molecular weight excluding hydrogens is 597 g/mol. The molecule has 43 heavy (non-hydrogen) atoms. The van der Waals surface area contributed by atoms with E-state index in [9.17, 15) is 19.1 Å². The highest BCUT2D eigenvalue weighted by Crippen LogP contribution is 2.31. The Morgan fingerprint density at radius 3 is 2.35 bits per heavy atom. The van der Waals surface area contributed by atoms with Gasteiger partial charge in [-0.05, 0) is 37.5 Å². The molecule has 0 saturated heterocycles. The van der Waals surface area contributed by atoms with Crippen molar-refractivity contribution in [1.29, 1.82) is 0 Å². The Labute approximate surface area is 262 Å². The Morgan fingerprint density at radius 2 is 1.77 bits per heavy atom. The second-order valence-corrected chi connectivity index (χ2v) is 12.1. The van der Waals surface area contributed by atoms with Crippen molar-refractivity contribution in [3.05, 3.63) is 62.8 Å². The number of carbonyl (C=O) groups is 1. The van der Waals surface area contributed by atoms with Crippen LogP contribution in [0.1, 0.15) is 61.7 Å². The van der Waals surface area contributed by atoms with Crippen molar-refractivity contribution in [3.8, 4) is 16.3 Å². The maximum absolute atomic E-state index is 13.1. The Balaban J connectivity index is 0.000000507. The standard InChI is InChI=1S/C22H23FN4O4S.C8H19NO.ClH/c1-12(2)26-9-15(11-31-3)27-10-16(19(28)20(29)18(27)22(26)30)21-25-24-17(32-21)8-13-4-6-14(23)7-5-13;1-7(2)9-5-8(3)6-10-4;/h4-7,10,12,15,29H,8-9,11H2,1-3H3;7-9H,5-6H2,1-4H3;1H/t15-;8-;/m11./s1. The molecule has 0 fully saturated rings. The largest absolute Gasteiger partial charge is 0.503 e. The number of pyridine rings is 1. The van der Waals surface area contributed by atoms with Crippen molar-refractivity contribution < 1.29 is 23.8 Å². The van der Waals surface area contributed by atoms with Crippen molar-refractivity contribution in [1.82, 2.24) is 25.0 Å². The Hall–Kier alpha value is -2.90. The van der Waals surface area contributed by atoms with Crippen LogP contribution in [0.25, 0.3) is 10.6 Å². The molecule has 10 nitrogen and oxygen atoms in total. The van der Waals surface area contributed by atoms with Gasteiger partial charge >= 0.3 is 0 Å². The summed E-state index contributed by atoms with van der Waals surface area (Å²) >= 11 is 1.21. The normalized spacial score (nSPS) is 15.2. The zero-order valence-corrected chi connectivity index (χ0v) is 27.4. The lowest BCUT2D eigenvalue weighted by molar-refractivity contribution is 0.0511. The summed E-state index contributed by atoms with van der Waals surface area (Å²) < 4.78 is 25.1. The average Bonchev–Trinajstić information content (AvgIpc) is 3.40. The zero-order chi connectivity index (χ0) is 31.0. The number of hydrogen-bond donors (Lipinski definition) is 2. The number of methoxy groups -OCH3 is 2. The van der Waals surface area contributed by atoms with Gasteiger partial charge in [-0.3, -0.25) is 9.59 Å². The fourth-order valence-electron chi connectivity index (χ4n) is 4.57. The number of aromatic nitrogens is 3. The van der Waals surface area contributed by atoms with E-state index in [-0.39, 0.29) is 41.6 Å². The van der Waals surface area contributed by atoms with E-state index >= 15 is 0 Å². The molecular formula is C30H43ClFN5O5S. The van der Waals surface area contributed by atoms with Crippen LogP contribution in [-0.2, 0) is 15.9 Å². The van der Waals surface area contributed by atoms with Crippen molar-refractivity contribution >= 4 is 29.7 Å². The predicted octanol–water partition coefficient (Wildman–Crippen LogP) is 4.54. The summed E-state index contributed by atoms with van der Waals surface area (Å²) in [5.74, 6) is -0.704. The third-order valence-corrected chi connectivity index (χ3v) is 7.71. The van der Waals surface area contributed by atoms with Crippen LogP contribution < -0.4 is 10.7 Å². The molecule has 2 N–H and O–H groups in total. The van der Waals surface area contributed by atoms with E-state index < -0.39 is 17.1 Å². The summed E-state index contributed by atoms with van der Waals surface area (Å²) in [5, 5.41) is 23.3. The van der Waals surface area contributed by atoms with Crippen molar-refractivity contribution in [2.24, 2.45) is 5.92 Å². The van der Waals surface area contributed by atoms with Crippen LogP contribution in [-0.4, -0.2) is 83.3 Å². The van der Waals surface area contributed by atoms with Gasteiger partial charge in [0.2, 0.25) is 5.43 Å². The fraction of sp³-hybridized carbons (Fsp3) is 0.533. The molecule has 3 aromatic rings. The average molecular weight is 640 g/mol. The van der Waals surface area contributed by atoms with E-state index in [4.69, 9.17) is 9.47 Å². The van der Waals surface area contributed by atoms with Gasteiger partial charge in [0, 0.05) is 58.6 Å². The molecule has 1 aromatic carbocycles. The molecule has 13 heteroatoms. The number of ether oxygens (including phenoxy) is 2. The van der Waals surface area contributed by atoms with Crippen molar-refractivity contribution in [2.75, 3.05) is 40.5 Å². The van der Waals surface area contributed by atoms with E-state index in [0.717, 1.165) is 18.7 Å². The molecule has 1 amide bonds. The molecule has 2 aromatic heterocycles. The van der Waals surface area contributed by atoms with Crippen LogP contribution in [0.15, 0.2) is 35.3 Å². The lowest BCUT2D eigenvalue weighted by Gasteiger charge is -2.38. The van der Waals surface area contributed by atoms with Gasteiger partial charge < -0.3 is 29.4 Å². The molecule has 0 unspecified atom stereocenters. The number of benzene rings is 1. The van der Waals surface area contributed by atoms with Gasteiger partial charge in [-0.15, -0.1) is 22.6 Å². The third-order valence-electron chi connectivity index (χ3n) is 6.75. The molecule has 0 bridgehead atoms. The lowest BCUT2D eigenvalue weighted by atomic mass is 10.1. The number of rotatable bonds is 11. The highest BCUT2D eigenvalue weighted by Gasteiger charge is 2.36. The van der Waals surface area contributed by atoms with E-state index in [1.165, 1.54) is 23.5 Å². The molecule has 4 rings (SSSR count). The highest BCUT2D eigenvalue weighted by atomic mass is 35.5. The first-order valence-corrected chi connectivity index (χ1v) is 14.9. The summed E-state index contributed by atoms with van der Waals surface area (Å²) in [5.41, 5.74) is 0.312. The summed E-state index contributed by atoms with van der Waals surface area (Å²) in [7, 11) is 3.30. The second kappa shape index (κ2) is 16.8. The van der Waals surface area contributed by atoms with Gasteiger partial charge in [0.15, 0.2) is 16.5 Å². The number of nitrogens with zero attached hydrogens (tertiary/aromatic N) is 4. The SMILES string of the molecule is COC[C@H](C)CNC(C)C.COC[C@H]1CN(C(C)C)C(=O)c2c(O)c(=O)c(-c3nnc(Cc4ccc(F)cc4)s3)cn21.Cl. The topological polar surface area (TPSA) is 119 Å². The lowest BCUT2D eigenvalue weighted by Crippen LogP contribution is -2.48. The van der Waals surface area contributed by atoms with Gasteiger partial charge in [0.1, 0.15) is 10.8 Å². The number of aromatic hydroxyl groups is 1. The van der Waals surface area contributed by atoms with E-state index in [2.05, 4.69) is 36.3 Å². The second-order valence-electron chi connectivity index (χ2n) is 11.1. The summed E-state index contributed by atoms with van der Waals surface area (Å²) in [6.07, 6.45) is 1.99. The van der Waals surface area contributed by atoms with Gasteiger partial charge in [0.25, 0.3) is 5.91 Å². The minimum atomic E-state index is -0.671. The van der Waals surface area contributed by atoms with Gasteiger partial charge in [0.05, 0.1) is 18.2 Å². The van der Waals surface area contributed by atoms with Crippen LogP contribution in [0.4, 0.5) is 4.39 Å². The monoisotopic (exact) mass is 639 g/mol. The summed E-state index contributed by atoms with van der Waals surface area (Å²) in [6.45, 7) is 12.8. The minimum absolute atomic E-state index is 0. The fourth-order valence-corrected chi connectivity index (χ4v) is 5.45. The smallest absolute Gasteiger partial charge is 0.274 e. The van der Waals surface area contributed by atoms with Crippen LogP contribution in [0, 0.1) is 11.7 Å². The molecule has 0 spiro atoms. The van der Waals surface area contributed by atoms with Crippen molar-refractivity contribution in [3.63, 3.8) is 0 Å². The molecule has 0 saturated carbocycles. The zero-order valence-electron chi connectivity index (χ0n) is 25.8. The Kier molecular flexibility index (Phi) is 14.2.